The van der Waals surface area contributed by atoms with Crippen molar-refractivity contribution in [2.75, 3.05) is 5.32 Å². The zero-order valence-corrected chi connectivity index (χ0v) is 9.82. The molecule has 0 saturated carbocycles. The van der Waals surface area contributed by atoms with Gasteiger partial charge in [0.15, 0.2) is 5.82 Å². The van der Waals surface area contributed by atoms with Crippen molar-refractivity contribution in [3.05, 3.63) is 9.26 Å². The van der Waals surface area contributed by atoms with E-state index in [4.69, 9.17) is 0 Å². The van der Waals surface area contributed by atoms with Crippen molar-refractivity contribution in [3.8, 4) is 0 Å². The van der Waals surface area contributed by atoms with Crippen LogP contribution in [0.2, 0.25) is 0 Å². The third-order valence-corrected chi connectivity index (χ3v) is 3.49. The lowest BCUT2D eigenvalue weighted by atomic mass is 10.1. The quantitative estimate of drug-likeness (QED) is 0.575. The fourth-order valence-corrected chi connectivity index (χ4v) is 1.77. The second kappa shape index (κ2) is 3.04. The number of carbonyl (C=O) groups is 2. The van der Waals surface area contributed by atoms with Gasteiger partial charge < -0.3 is 5.32 Å². The maximum atomic E-state index is 11.6. The molecule has 74 valence electrons. The number of rotatable bonds is 0. The molecule has 0 fully saturated rings. The number of nitrogens with zero attached hydrogens (tertiary/aromatic N) is 2. The predicted molar refractivity (Wildman–Crippen MR) is 58.1 cm³/mol. The van der Waals surface area contributed by atoms with Crippen LogP contribution >= 0.6 is 22.6 Å². The Morgan fingerprint density at radius 2 is 2.14 bits per heavy atom. The van der Waals surface area contributed by atoms with Gasteiger partial charge in [-0.3, -0.25) is 9.59 Å². The molecule has 1 aliphatic rings. The molecule has 0 aliphatic carbocycles. The molecule has 14 heavy (non-hydrogen) atoms. The Morgan fingerprint density at radius 3 is 2.79 bits per heavy atom. The first kappa shape index (κ1) is 9.63. The molecule has 1 aromatic rings. The van der Waals surface area contributed by atoms with Gasteiger partial charge in [0.05, 0.1) is 9.26 Å². The first-order valence-corrected chi connectivity index (χ1v) is 5.20. The first-order valence-electron chi connectivity index (χ1n) is 4.12. The maximum Gasteiger partial charge on any atom is 0.261 e. The van der Waals surface area contributed by atoms with E-state index in [1.54, 1.807) is 13.8 Å². The fourth-order valence-electron chi connectivity index (χ4n) is 1.30. The zero-order valence-electron chi connectivity index (χ0n) is 7.67. The second-order valence-corrected chi connectivity index (χ2v) is 4.29. The van der Waals surface area contributed by atoms with Gasteiger partial charge in [0, 0.05) is 0 Å². The van der Waals surface area contributed by atoms with Crippen LogP contribution in [0, 0.1) is 16.4 Å². The van der Waals surface area contributed by atoms with Crippen LogP contribution in [-0.4, -0.2) is 21.6 Å². The van der Waals surface area contributed by atoms with E-state index in [1.807, 2.05) is 0 Å². The molecule has 6 heteroatoms. The van der Waals surface area contributed by atoms with Crippen LogP contribution in [0.25, 0.3) is 0 Å². The standard InChI is InChI=1S/C8H8IN3O2/c1-3-7(13)10-6-5(9)4(2)11-12(6)8(3)14/h3H,1-2H3,(H,10,13). The smallest absolute Gasteiger partial charge is 0.261 e. The molecular weight excluding hydrogens is 297 g/mol. The molecule has 1 aliphatic heterocycles. The molecular formula is C8H8IN3O2. The van der Waals surface area contributed by atoms with Crippen LogP contribution in [0.3, 0.4) is 0 Å². The van der Waals surface area contributed by atoms with E-state index in [9.17, 15) is 9.59 Å². The van der Waals surface area contributed by atoms with Crippen molar-refractivity contribution in [3.63, 3.8) is 0 Å². The lowest BCUT2D eigenvalue weighted by Crippen LogP contribution is -2.38. The van der Waals surface area contributed by atoms with Crippen LogP contribution < -0.4 is 5.32 Å². The molecule has 0 spiro atoms. The van der Waals surface area contributed by atoms with E-state index in [0.717, 1.165) is 9.26 Å². The van der Waals surface area contributed by atoms with Gasteiger partial charge in [-0.05, 0) is 36.4 Å². The molecule has 0 saturated heterocycles. The number of aromatic nitrogens is 2. The second-order valence-electron chi connectivity index (χ2n) is 3.21. The summed E-state index contributed by atoms with van der Waals surface area (Å²) in [7, 11) is 0. The van der Waals surface area contributed by atoms with Crippen molar-refractivity contribution in [1.82, 2.24) is 9.78 Å². The highest BCUT2D eigenvalue weighted by Gasteiger charge is 2.33. The summed E-state index contributed by atoms with van der Waals surface area (Å²) >= 11 is 2.06. The van der Waals surface area contributed by atoms with Crippen LogP contribution in [0.4, 0.5) is 5.82 Å². The highest BCUT2D eigenvalue weighted by Crippen LogP contribution is 2.26. The summed E-state index contributed by atoms with van der Waals surface area (Å²) < 4.78 is 2.08. The monoisotopic (exact) mass is 305 g/mol. The lowest BCUT2D eigenvalue weighted by Gasteiger charge is -2.18. The molecule has 1 atom stereocenters. The van der Waals surface area contributed by atoms with E-state index in [0.29, 0.717) is 5.82 Å². The van der Waals surface area contributed by atoms with Gasteiger partial charge in [0.1, 0.15) is 5.92 Å². The molecule has 1 aromatic heterocycles. The number of amides is 1. The predicted octanol–water partition coefficient (Wildman–Crippen LogP) is 1.02. The largest absolute Gasteiger partial charge is 0.309 e. The number of anilines is 1. The molecule has 0 aromatic carbocycles. The third kappa shape index (κ3) is 1.17. The Bertz CT molecular complexity index is 438. The van der Waals surface area contributed by atoms with Crippen LogP contribution in [0.15, 0.2) is 0 Å². The molecule has 5 nitrogen and oxygen atoms in total. The number of fused-ring (bicyclic) bond motifs is 1. The summed E-state index contributed by atoms with van der Waals surface area (Å²) in [5.41, 5.74) is 0.753. The summed E-state index contributed by atoms with van der Waals surface area (Å²) in [4.78, 5) is 23.0. The average molecular weight is 305 g/mol. The fraction of sp³-hybridized carbons (Fsp3) is 0.375. The van der Waals surface area contributed by atoms with Gasteiger partial charge >= 0.3 is 0 Å². The summed E-state index contributed by atoms with van der Waals surface area (Å²) in [5.74, 6) is -0.691. The van der Waals surface area contributed by atoms with Gasteiger partial charge in [-0.2, -0.15) is 9.78 Å². The van der Waals surface area contributed by atoms with Gasteiger partial charge in [0.2, 0.25) is 5.91 Å². The number of carbonyl (C=O) groups excluding carboxylic acids is 2. The number of aryl methyl sites for hydroxylation is 1. The van der Waals surface area contributed by atoms with Crippen molar-refractivity contribution in [2.24, 2.45) is 5.92 Å². The van der Waals surface area contributed by atoms with E-state index >= 15 is 0 Å². The highest BCUT2D eigenvalue weighted by molar-refractivity contribution is 14.1. The number of nitrogens with one attached hydrogen (secondary N) is 1. The lowest BCUT2D eigenvalue weighted by molar-refractivity contribution is -0.118. The summed E-state index contributed by atoms with van der Waals surface area (Å²) in [6.07, 6.45) is 0. The Balaban J connectivity index is 2.62. The summed E-state index contributed by atoms with van der Waals surface area (Å²) in [6, 6.07) is 0. The van der Waals surface area contributed by atoms with E-state index in [-0.39, 0.29) is 11.8 Å². The van der Waals surface area contributed by atoms with Gasteiger partial charge in [-0.25, -0.2) is 0 Å². The van der Waals surface area contributed by atoms with Crippen molar-refractivity contribution in [1.29, 1.82) is 0 Å². The Labute approximate surface area is 94.0 Å². The zero-order chi connectivity index (χ0) is 10.5. The Morgan fingerprint density at radius 1 is 1.50 bits per heavy atom. The molecule has 1 N–H and O–H groups in total. The topological polar surface area (TPSA) is 64.0 Å². The minimum Gasteiger partial charge on any atom is -0.309 e. The minimum atomic E-state index is -0.655. The number of hydrogen-bond acceptors (Lipinski definition) is 3. The van der Waals surface area contributed by atoms with Crippen LogP contribution in [0.5, 0.6) is 0 Å². The third-order valence-electron chi connectivity index (χ3n) is 2.20. The average Bonchev–Trinajstić information content (AvgIpc) is 2.42. The number of halogens is 1. The van der Waals surface area contributed by atoms with Crippen molar-refractivity contribution >= 4 is 40.2 Å². The van der Waals surface area contributed by atoms with Gasteiger partial charge in [0.25, 0.3) is 5.91 Å². The van der Waals surface area contributed by atoms with E-state index in [2.05, 4.69) is 33.0 Å². The highest BCUT2D eigenvalue weighted by atomic mass is 127. The summed E-state index contributed by atoms with van der Waals surface area (Å²) in [6.45, 7) is 3.38. The van der Waals surface area contributed by atoms with E-state index in [1.165, 1.54) is 4.68 Å². The van der Waals surface area contributed by atoms with E-state index < -0.39 is 5.92 Å². The SMILES string of the molecule is Cc1nn2c(c1I)NC(=O)C(C)C2=O. The Kier molecular flexibility index (Phi) is 2.09. The Hall–Kier alpha value is -0.920. The maximum absolute atomic E-state index is 11.6. The molecule has 2 rings (SSSR count). The summed E-state index contributed by atoms with van der Waals surface area (Å²) in [5, 5.41) is 6.72. The van der Waals surface area contributed by atoms with Crippen LogP contribution in [-0.2, 0) is 4.79 Å². The molecule has 1 unspecified atom stereocenters. The molecule has 2 heterocycles. The number of hydrogen-bond donors (Lipinski definition) is 1. The molecule has 0 bridgehead atoms. The van der Waals surface area contributed by atoms with Crippen molar-refractivity contribution < 1.29 is 9.59 Å². The molecule has 1 amide bonds. The normalized spacial score (nSPS) is 20.6. The first-order chi connectivity index (χ1) is 6.52. The van der Waals surface area contributed by atoms with Crippen LogP contribution in [0.1, 0.15) is 17.4 Å². The van der Waals surface area contributed by atoms with Gasteiger partial charge in [-0.15, -0.1) is 0 Å². The van der Waals surface area contributed by atoms with Crippen molar-refractivity contribution in [2.45, 2.75) is 13.8 Å². The molecule has 0 radical (unpaired) electrons. The minimum absolute atomic E-state index is 0.264. The van der Waals surface area contributed by atoms with Gasteiger partial charge in [-0.1, -0.05) is 0 Å².